The molecule has 0 unspecified atom stereocenters. The van der Waals surface area contributed by atoms with Crippen LogP contribution in [-0.4, -0.2) is 30.8 Å². The number of benzene rings is 2. The maximum absolute atomic E-state index is 11.2. The first kappa shape index (κ1) is 21.1. The van der Waals surface area contributed by atoms with Crippen molar-refractivity contribution in [3.63, 3.8) is 0 Å². The minimum Gasteiger partial charge on any atom is -0.497 e. The zero-order valence-electron chi connectivity index (χ0n) is 17.5. The number of hydrogen-bond donors (Lipinski definition) is 2. The van der Waals surface area contributed by atoms with E-state index >= 15 is 0 Å². The van der Waals surface area contributed by atoms with Crippen LogP contribution in [-0.2, 0) is 16.7 Å². The molecule has 7 heteroatoms. The summed E-state index contributed by atoms with van der Waals surface area (Å²) in [5, 5.41) is 2.14. The van der Waals surface area contributed by atoms with Crippen molar-refractivity contribution in [3.8, 4) is 5.75 Å². The van der Waals surface area contributed by atoms with E-state index in [1.54, 1.807) is 7.11 Å². The summed E-state index contributed by atoms with van der Waals surface area (Å²) in [5.74, 6) is 0.524. The molecule has 0 spiro atoms. The molecule has 2 N–H and O–H groups in total. The molecule has 0 radical (unpaired) electrons. The first-order chi connectivity index (χ1) is 14.8. The second-order valence-corrected chi connectivity index (χ2v) is 9.17. The van der Waals surface area contributed by atoms with Crippen LogP contribution in [0, 0.1) is 6.92 Å². The topological polar surface area (TPSA) is 83.3 Å². The molecule has 0 aliphatic heterocycles. The van der Waals surface area contributed by atoms with E-state index in [4.69, 9.17) is 9.29 Å². The van der Waals surface area contributed by atoms with Crippen molar-refractivity contribution >= 4 is 44.1 Å². The number of nitrogens with zero attached hydrogens (tertiary/aromatic N) is 1. The van der Waals surface area contributed by atoms with Gasteiger partial charge in [-0.05, 0) is 43.3 Å². The van der Waals surface area contributed by atoms with E-state index in [9.17, 15) is 8.42 Å². The van der Waals surface area contributed by atoms with Gasteiger partial charge in [-0.1, -0.05) is 11.6 Å². The predicted molar refractivity (Wildman–Crippen MR) is 124 cm³/mol. The van der Waals surface area contributed by atoms with Crippen LogP contribution in [0.3, 0.4) is 0 Å². The summed E-state index contributed by atoms with van der Waals surface area (Å²) in [5.41, 5.74) is 5.18. The van der Waals surface area contributed by atoms with Crippen LogP contribution in [0.5, 0.6) is 5.75 Å². The molecule has 2 aromatic carbocycles. The molecule has 0 saturated heterocycles. The van der Waals surface area contributed by atoms with E-state index in [1.807, 2.05) is 61.7 Å². The van der Waals surface area contributed by atoms with Crippen molar-refractivity contribution in [2.45, 2.75) is 19.9 Å². The monoisotopic (exact) mass is 437 g/mol. The van der Waals surface area contributed by atoms with Crippen molar-refractivity contribution in [1.82, 2.24) is 4.98 Å². The van der Waals surface area contributed by atoms with Gasteiger partial charge in [-0.15, -0.1) is 0 Å². The van der Waals surface area contributed by atoms with Crippen molar-refractivity contribution < 1.29 is 22.3 Å². The van der Waals surface area contributed by atoms with Crippen molar-refractivity contribution in [3.05, 3.63) is 71.5 Å². The molecule has 2 aromatic heterocycles. The number of aryl methyl sites for hydroxylation is 2. The second-order valence-electron chi connectivity index (χ2n) is 7.60. The lowest BCUT2D eigenvalue weighted by Crippen LogP contribution is -2.38. The van der Waals surface area contributed by atoms with Crippen LogP contribution in [0.1, 0.15) is 23.2 Å². The quantitative estimate of drug-likeness (QED) is 0.332. The van der Waals surface area contributed by atoms with E-state index in [0.717, 1.165) is 44.4 Å². The number of aromatic nitrogens is 2. The van der Waals surface area contributed by atoms with Gasteiger partial charge in [-0.2, -0.15) is 13.0 Å². The highest BCUT2D eigenvalue weighted by Crippen LogP contribution is 2.25. The van der Waals surface area contributed by atoms with Gasteiger partial charge in [-0.25, -0.2) is 0 Å². The maximum Gasteiger partial charge on any atom is 0.265 e. The molecule has 0 amide bonds. The molecule has 0 atom stereocenters. The van der Waals surface area contributed by atoms with Crippen molar-refractivity contribution in [2.24, 2.45) is 0 Å². The third kappa shape index (κ3) is 4.78. The Morgan fingerprint density at radius 2 is 1.94 bits per heavy atom. The third-order valence-corrected chi connectivity index (χ3v) is 6.16. The summed E-state index contributed by atoms with van der Waals surface area (Å²) in [6, 6.07) is 16.2. The summed E-state index contributed by atoms with van der Waals surface area (Å²) in [4.78, 5) is 3.27. The van der Waals surface area contributed by atoms with Crippen LogP contribution in [0.4, 0.5) is 0 Å². The van der Waals surface area contributed by atoms with Gasteiger partial charge in [0.05, 0.1) is 12.9 Å². The predicted octanol–water partition coefficient (Wildman–Crippen LogP) is 4.37. The fourth-order valence-electron chi connectivity index (χ4n) is 3.82. The molecule has 0 saturated carbocycles. The van der Waals surface area contributed by atoms with E-state index in [-0.39, 0.29) is 5.75 Å². The SMILES string of the molecule is COc1ccc2[nH]cc(C=Cc3ccc4cc(C)ccc4[n+]3CCCS(=O)(=O)O)c2c1. The molecular weight excluding hydrogens is 412 g/mol. The Labute approximate surface area is 181 Å². The van der Waals surface area contributed by atoms with E-state index < -0.39 is 10.1 Å². The second kappa shape index (κ2) is 8.53. The smallest absolute Gasteiger partial charge is 0.265 e. The van der Waals surface area contributed by atoms with Crippen LogP contribution in [0.15, 0.2) is 54.7 Å². The molecule has 4 rings (SSSR count). The largest absolute Gasteiger partial charge is 0.497 e. The van der Waals surface area contributed by atoms with Crippen LogP contribution < -0.4 is 9.30 Å². The van der Waals surface area contributed by atoms with Gasteiger partial charge >= 0.3 is 0 Å². The van der Waals surface area contributed by atoms with Gasteiger partial charge < -0.3 is 9.72 Å². The number of fused-ring (bicyclic) bond motifs is 2. The third-order valence-electron chi connectivity index (χ3n) is 5.36. The number of pyridine rings is 1. The van der Waals surface area contributed by atoms with Gasteiger partial charge in [0.25, 0.3) is 10.1 Å². The highest BCUT2D eigenvalue weighted by Gasteiger charge is 2.16. The number of H-pyrrole nitrogens is 1. The summed E-state index contributed by atoms with van der Waals surface area (Å²) in [6.45, 7) is 2.52. The van der Waals surface area contributed by atoms with Crippen molar-refractivity contribution in [1.29, 1.82) is 0 Å². The Kier molecular flexibility index (Phi) is 5.80. The molecule has 6 nitrogen and oxygen atoms in total. The average molecular weight is 438 g/mol. The zero-order valence-corrected chi connectivity index (χ0v) is 18.3. The summed E-state index contributed by atoms with van der Waals surface area (Å²) < 4.78 is 38.9. The molecule has 0 bridgehead atoms. The highest BCUT2D eigenvalue weighted by atomic mass is 32.2. The molecular formula is C24H25N2O4S+. The minimum absolute atomic E-state index is 0.270. The highest BCUT2D eigenvalue weighted by molar-refractivity contribution is 7.85. The first-order valence-electron chi connectivity index (χ1n) is 10.1. The standard InChI is InChI=1S/C24H24N2O4S/c1-17-4-11-24-18(14-17)5-7-20(26(24)12-3-13-31(27,28)29)8-6-19-16-25-23-10-9-21(30-2)15-22(19)23/h4-11,14-16H,3,12-13H2,1-2H3,(H,27,28,29)/p+1. The molecule has 2 heterocycles. The Hall–Kier alpha value is -3.16. The lowest BCUT2D eigenvalue weighted by molar-refractivity contribution is -0.673. The van der Waals surface area contributed by atoms with E-state index in [2.05, 4.69) is 21.7 Å². The number of nitrogens with one attached hydrogen (secondary N) is 1. The fourth-order valence-corrected chi connectivity index (χ4v) is 4.31. The van der Waals surface area contributed by atoms with E-state index in [0.29, 0.717) is 13.0 Å². The number of rotatable bonds is 7. The van der Waals surface area contributed by atoms with Crippen LogP contribution in [0.2, 0.25) is 0 Å². The lowest BCUT2D eigenvalue weighted by atomic mass is 10.1. The normalized spacial score (nSPS) is 12.2. The minimum atomic E-state index is -3.99. The maximum atomic E-state index is 11.2. The Morgan fingerprint density at radius 3 is 2.71 bits per heavy atom. The Balaban J connectivity index is 1.74. The Morgan fingerprint density at radius 1 is 1.10 bits per heavy atom. The van der Waals surface area contributed by atoms with Crippen molar-refractivity contribution in [2.75, 3.05) is 12.9 Å². The number of ether oxygens (including phenoxy) is 1. The number of hydrogen-bond acceptors (Lipinski definition) is 3. The first-order valence-corrected chi connectivity index (χ1v) is 11.7. The molecule has 31 heavy (non-hydrogen) atoms. The zero-order chi connectivity index (χ0) is 22.0. The van der Waals surface area contributed by atoms with Crippen LogP contribution >= 0.6 is 0 Å². The fraction of sp³-hybridized carbons (Fsp3) is 0.208. The average Bonchev–Trinajstić information content (AvgIpc) is 3.14. The van der Waals surface area contributed by atoms with Gasteiger partial charge in [0.15, 0.2) is 6.54 Å². The molecule has 0 aliphatic carbocycles. The molecule has 160 valence electrons. The summed E-state index contributed by atoms with van der Waals surface area (Å²) in [7, 11) is -2.34. The van der Waals surface area contributed by atoms with Gasteiger partial charge in [0, 0.05) is 52.7 Å². The summed E-state index contributed by atoms with van der Waals surface area (Å²) >= 11 is 0. The number of aromatic amines is 1. The van der Waals surface area contributed by atoms with Gasteiger partial charge in [0.1, 0.15) is 5.75 Å². The Bertz CT molecular complexity index is 1390. The molecule has 4 aromatic rings. The molecule has 0 aliphatic rings. The number of methoxy groups -OCH3 is 1. The van der Waals surface area contributed by atoms with Gasteiger partial charge in [-0.3, -0.25) is 4.55 Å². The molecule has 0 fully saturated rings. The van der Waals surface area contributed by atoms with E-state index in [1.165, 1.54) is 0 Å². The van der Waals surface area contributed by atoms with Crippen LogP contribution in [0.25, 0.3) is 34.0 Å². The summed E-state index contributed by atoms with van der Waals surface area (Å²) in [6.07, 6.45) is 6.33. The lowest BCUT2D eigenvalue weighted by Gasteiger charge is -2.06. The van der Waals surface area contributed by atoms with Gasteiger partial charge in [0.2, 0.25) is 11.2 Å².